The highest BCUT2D eigenvalue weighted by molar-refractivity contribution is 5.61. The van der Waals surface area contributed by atoms with E-state index in [1.54, 1.807) is 6.07 Å². The first kappa shape index (κ1) is 14.3. The first-order valence-corrected chi connectivity index (χ1v) is 6.85. The SMILES string of the molecule is N#Cc1cc([N+](=O)[O-])ccc1NCCCN1CCCC1. The molecule has 0 spiro atoms. The molecule has 0 aliphatic carbocycles. The second-order valence-corrected chi connectivity index (χ2v) is 4.93. The molecule has 0 amide bonds. The average molecular weight is 274 g/mol. The minimum absolute atomic E-state index is 0.0517. The standard InChI is InChI=1S/C14H18N4O2/c15-11-12-10-13(18(19)20)4-5-14(12)16-6-3-9-17-7-1-2-8-17/h4-5,10,16H,1-3,6-9H2. The molecule has 0 saturated carbocycles. The van der Waals surface area contributed by atoms with Gasteiger partial charge in [0.1, 0.15) is 6.07 Å². The number of rotatable bonds is 6. The predicted octanol–water partition coefficient (Wildman–Crippen LogP) is 2.36. The fourth-order valence-electron chi connectivity index (χ4n) is 2.42. The van der Waals surface area contributed by atoms with Crippen LogP contribution in [0.15, 0.2) is 18.2 Å². The van der Waals surface area contributed by atoms with Crippen molar-refractivity contribution >= 4 is 11.4 Å². The van der Waals surface area contributed by atoms with Crippen LogP contribution in [0.5, 0.6) is 0 Å². The topological polar surface area (TPSA) is 82.2 Å². The van der Waals surface area contributed by atoms with Crippen LogP contribution < -0.4 is 5.32 Å². The Kier molecular flexibility index (Phi) is 4.91. The van der Waals surface area contributed by atoms with Gasteiger partial charge in [-0.3, -0.25) is 10.1 Å². The van der Waals surface area contributed by atoms with Gasteiger partial charge < -0.3 is 10.2 Å². The minimum Gasteiger partial charge on any atom is -0.384 e. The van der Waals surface area contributed by atoms with Gasteiger partial charge in [-0.2, -0.15) is 5.26 Å². The molecule has 20 heavy (non-hydrogen) atoms. The van der Waals surface area contributed by atoms with Gasteiger partial charge in [0, 0.05) is 18.7 Å². The molecule has 1 heterocycles. The smallest absolute Gasteiger partial charge is 0.270 e. The molecule has 6 heteroatoms. The third-order valence-electron chi connectivity index (χ3n) is 3.50. The van der Waals surface area contributed by atoms with Crippen molar-refractivity contribution in [2.75, 3.05) is 31.5 Å². The molecular weight excluding hydrogens is 256 g/mol. The summed E-state index contributed by atoms with van der Waals surface area (Å²) in [4.78, 5) is 12.6. The molecule has 1 aliphatic rings. The van der Waals surface area contributed by atoms with Crippen LogP contribution in [0, 0.1) is 21.4 Å². The molecule has 0 unspecified atom stereocenters. The van der Waals surface area contributed by atoms with Crippen LogP contribution in [-0.4, -0.2) is 36.0 Å². The van der Waals surface area contributed by atoms with Gasteiger partial charge in [0.2, 0.25) is 0 Å². The van der Waals surface area contributed by atoms with Crippen molar-refractivity contribution in [3.63, 3.8) is 0 Å². The zero-order valence-corrected chi connectivity index (χ0v) is 11.3. The van der Waals surface area contributed by atoms with E-state index in [0.717, 1.165) is 19.5 Å². The summed E-state index contributed by atoms with van der Waals surface area (Å²) in [6.07, 6.45) is 3.57. The molecule has 0 aromatic heterocycles. The van der Waals surface area contributed by atoms with Gasteiger partial charge in [0.15, 0.2) is 0 Å². The number of non-ortho nitro benzene ring substituents is 1. The van der Waals surface area contributed by atoms with Crippen molar-refractivity contribution in [2.24, 2.45) is 0 Å². The highest BCUT2D eigenvalue weighted by atomic mass is 16.6. The number of likely N-dealkylation sites (tertiary alicyclic amines) is 1. The van der Waals surface area contributed by atoms with Gasteiger partial charge in [-0.1, -0.05) is 0 Å². The van der Waals surface area contributed by atoms with E-state index in [2.05, 4.69) is 10.2 Å². The quantitative estimate of drug-likeness (QED) is 0.489. The minimum atomic E-state index is -0.488. The van der Waals surface area contributed by atoms with Crippen LogP contribution in [0.1, 0.15) is 24.8 Å². The number of nitro benzene ring substituents is 1. The molecule has 0 bridgehead atoms. The molecule has 1 fully saturated rings. The maximum absolute atomic E-state index is 10.7. The van der Waals surface area contributed by atoms with E-state index in [-0.39, 0.29) is 5.69 Å². The number of nitrogens with zero attached hydrogens (tertiary/aromatic N) is 3. The first-order valence-electron chi connectivity index (χ1n) is 6.85. The Bertz CT molecular complexity index is 518. The zero-order valence-electron chi connectivity index (χ0n) is 11.3. The number of anilines is 1. The van der Waals surface area contributed by atoms with Crippen molar-refractivity contribution in [3.05, 3.63) is 33.9 Å². The second kappa shape index (κ2) is 6.87. The molecule has 6 nitrogen and oxygen atoms in total. The second-order valence-electron chi connectivity index (χ2n) is 4.93. The van der Waals surface area contributed by atoms with Crippen molar-refractivity contribution in [3.8, 4) is 6.07 Å². The summed E-state index contributed by atoms with van der Waals surface area (Å²) in [6.45, 7) is 4.19. The highest BCUT2D eigenvalue weighted by Crippen LogP contribution is 2.21. The number of benzene rings is 1. The average Bonchev–Trinajstić information content (AvgIpc) is 2.96. The molecular formula is C14H18N4O2. The zero-order chi connectivity index (χ0) is 14.4. The van der Waals surface area contributed by atoms with Crippen LogP contribution in [-0.2, 0) is 0 Å². The molecule has 0 atom stereocenters. The van der Waals surface area contributed by atoms with Crippen molar-refractivity contribution in [2.45, 2.75) is 19.3 Å². The Labute approximate surface area is 118 Å². The summed E-state index contributed by atoms with van der Waals surface area (Å²) in [6, 6.07) is 6.33. The van der Waals surface area contributed by atoms with E-state index in [9.17, 15) is 10.1 Å². The number of nitro groups is 1. The fourth-order valence-corrected chi connectivity index (χ4v) is 2.42. The molecule has 0 radical (unpaired) electrons. The molecule has 2 rings (SSSR count). The van der Waals surface area contributed by atoms with E-state index >= 15 is 0 Å². The van der Waals surface area contributed by atoms with Gasteiger partial charge in [-0.05, 0) is 45.0 Å². The molecule has 1 aromatic rings. The van der Waals surface area contributed by atoms with Crippen LogP contribution in [0.3, 0.4) is 0 Å². The lowest BCUT2D eigenvalue weighted by atomic mass is 10.1. The van der Waals surface area contributed by atoms with Crippen LogP contribution in [0.25, 0.3) is 0 Å². The lowest BCUT2D eigenvalue weighted by Crippen LogP contribution is -2.22. The molecule has 1 N–H and O–H groups in total. The highest BCUT2D eigenvalue weighted by Gasteiger charge is 2.12. The number of hydrogen-bond donors (Lipinski definition) is 1. The number of nitriles is 1. The summed E-state index contributed by atoms with van der Waals surface area (Å²) in [5, 5.41) is 22.9. The Morgan fingerprint density at radius 2 is 2.15 bits per heavy atom. The van der Waals surface area contributed by atoms with Gasteiger partial charge in [-0.15, -0.1) is 0 Å². The van der Waals surface area contributed by atoms with Crippen molar-refractivity contribution in [1.82, 2.24) is 4.90 Å². The van der Waals surface area contributed by atoms with E-state index in [1.165, 1.54) is 38.1 Å². The predicted molar refractivity (Wildman–Crippen MR) is 76.6 cm³/mol. The number of nitrogens with one attached hydrogen (secondary N) is 1. The van der Waals surface area contributed by atoms with E-state index in [4.69, 9.17) is 5.26 Å². The molecule has 1 aromatic carbocycles. The summed E-state index contributed by atoms with van der Waals surface area (Å²) >= 11 is 0. The van der Waals surface area contributed by atoms with Gasteiger partial charge in [0.05, 0.1) is 16.2 Å². The largest absolute Gasteiger partial charge is 0.384 e. The molecule has 1 saturated heterocycles. The summed E-state index contributed by atoms with van der Waals surface area (Å²) in [7, 11) is 0. The normalized spacial score (nSPS) is 14.9. The van der Waals surface area contributed by atoms with Crippen LogP contribution in [0.4, 0.5) is 11.4 Å². The first-order chi connectivity index (χ1) is 9.70. The number of hydrogen-bond acceptors (Lipinski definition) is 5. The van der Waals surface area contributed by atoms with Gasteiger partial charge in [0.25, 0.3) is 5.69 Å². The van der Waals surface area contributed by atoms with Crippen LogP contribution in [0.2, 0.25) is 0 Å². The van der Waals surface area contributed by atoms with Crippen molar-refractivity contribution in [1.29, 1.82) is 5.26 Å². The van der Waals surface area contributed by atoms with Gasteiger partial charge in [-0.25, -0.2) is 0 Å². The fraction of sp³-hybridized carbons (Fsp3) is 0.500. The third kappa shape index (κ3) is 3.68. The third-order valence-corrected chi connectivity index (χ3v) is 3.50. The van der Waals surface area contributed by atoms with E-state index < -0.39 is 4.92 Å². The molecule has 106 valence electrons. The van der Waals surface area contributed by atoms with Crippen molar-refractivity contribution < 1.29 is 4.92 Å². The monoisotopic (exact) mass is 274 g/mol. The summed E-state index contributed by atoms with van der Waals surface area (Å²) in [5.74, 6) is 0. The summed E-state index contributed by atoms with van der Waals surface area (Å²) in [5.41, 5.74) is 0.934. The molecule has 1 aliphatic heterocycles. The Morgan fingerprint density at radius 3 is 2.80 bits per heavy atom. The summed E-state index contributed by atoms with van der Waals surface area (Å²) < 4.78 is 0. The maximum Gasteiger partial charge on any atom is 0.270 e. The van der Waals surface area contributed by atoms with E-state index in [0.29, 0.717) is 11.3 Å². The Hall–Kier alpha value is -2.13. The van der Waals surface area contributed by atoms with Gasteiger partial charge >= 0.3 is 0 Å². The lowest BCUT2D eigenvalue weighted by Gasteiger charge is -2.15. The Morgan fingerprint density at radius 1 is 1.40 bits per heavy atom. The lowest BCUT2D eigenvalue weighted by molar-refractivity contribution is -0.384. The Balaban J connectivity index is 1.85. The maximum atomic E-state index is 10.7. The van der Waals surface area contributed by atoms with Crippen LogP contribution >= 0.6 is 0 Å². The van der Waals surface area contributed by atoms with E-state index in [1.807, 2.05) is 6.07 Å².